The van der Waals surface area contributed by atoms with Crippen molar-refractivity contribution >= 4 is 16.9 Å². The molecule has 3 rings (SSSR count). The van der Waals surface area contributed by atoms with Crippen LogP contribution in [0.3, 0.4) is 0 Å². The number of thioether (sulfide) groups is 1. The van der Waals surface area contributed by atoms with Gasteiger partial charge in [0.15, 0.2) is 5.17 Å². The van der Waals surface area contributed by atoms with Crippen molar-refractivity contribution in [1.82, 2.24) is 5.32 Å². The highest BCUT2D eigenvalue weighted by Gasteiger charge is 2.22. The molecule has 1 fully saturated rings. The first-order valence-corrected chi connectivity index (χ1v) is 8.40. The maximum atomic E-state index is 5.00. The minimum atomic E-state index is 0.371. The lowest BCUT2D eigenvalue weighted by atomic mass is 9.88. The summed E-state index contributed by atoms with van der Waals surface area (Å²) in [5.41, 5.74) is 2.94. The molecule has 3 heteroatoms. The van der Waals surface area contributed by atoms with E-state index in [0.29, 0.717) is 12.1 Å². The number of aryl methyl sites for hydroxylation is 1. The standard InChI is InChI=1S/C16H22N2S/c1-2-13-10-11-19-16(17-13)18-15-9-5-7-12-6-3-4-8-14(12)15/h3-4,6,8,13,15H,2,5,7,9-11H2,1H3,(H,17,18). The topological polar surface area (TPSA) is 24.4 Å². The van der Waals surface area contributed by atoms with Gasteiger partial charge in [0, 0.05) is 11.8 Å². The number of nitrogens with one attached hydrogen (secondary N) is 1. The van der Waals surface area contributed by atoms with Gasteiger partial charge in [-0.05, 0) is 43.2 Å². The summed E-state index contributed by atoms with van der Waals surface area (Å²) in [5.74, 6) is 1.21. The molecule has 0 aromatic heterocycles. The molecule has 1 aromatic rings. The van der Waals surface area contributed by atoms with Gasteiger partial charge in [-0.2, -0.15) is 0 Å². The van der Waals surface area contributed by atoms with E-state index in [2.05, 4.69) is 36.5 Å². The second-order valence-corrected chi connectivity index (χ2v) is 6.51. The van der Waals surface area contributed by atoms with Crippen molar-refractivity contribution in [2.45, 2.75) is 51.1 Å². The zero-order valence-corrected chi connectivity index (χ0v) is 12.4. The summed E-state index contributed by atoms with van der Waals surface area (Å²) in [6, 6.07) is 9.81. The predicted octanol–water partition coefficient (Wildman–Crippen LogP) is 3.93. The summed E-state index contributed by atoms with van der Waals surface area (Å²) in [5, 5.41) is 4.76. The van der Waals surface area contributed by atoms with Crippen LogP contribution >= 0.6 is 11.8 Å². The summed E-state index contributed by atoms with van der Waals surface area (Å²) in [6.45, 7) is 2.25. The number of rotatable bonds is 2. The Morgan fingerprint density at radius 1 is 1.32 bits per heavy atom. The SMILES string of the molecule is CCC1CCSC(=NC2CCCc3ccccc32)N1. The molecule has 2 nitrogen and oxygen atoms in total. The second-order valence-electron chi connectivity index (χ2n) is 5.43. The molecule has 2 atom stereocenters. The molecule has 2 aliphatic rings. The highest BCUT2D eigenvalue weighted by Crippen LogP contribution is 2.33. The lowest BCUT2D eigenvalue weighted by Crippen LogP contribution is -2.37. The van der Waals surface area contributed by atoms with E-state index in [1.807, 2.05) is 11.8 Å². The van der Waals surface area contributed by atoms with Gasteiger partial charge in [-0.1, -0.05) is 43.0 Å². The fraction of sp³-hybridized carbons (Fsp3) is 0.562. The third-order valence-corrected chi connectivity index (χ3v) is 5.07. The molecule has 0 bridgehead atoms. The summed E-state index contributed by atoms with van der Waals surface area (Å²) < 4.78 is 0. The normalized spacial score (nSPS) is 28.8. The van der Waals surface area contributed by atoms with Crippen LogP contribution < -0.4 is 5.32 Å². The van der Waals surface area contributed by atoms with E-state index in [1.54, 1.807) is 0 Å². The molecule has 102 valence electrons. The molecule has 2 unspecified atom stereocenters. The van der Waals surface area contributed by atoms with Gasteiger partial charge < -0.3 is 5.32 Å². The molecule has 1 aliphatic carbocycles. The van der Waals surface area contributed by atoms with Gasteiger partial charge in [0.05, 0.1) is 6.04 Å². The van der Waals surface area contributed by atoms with Gasteiger partial charge in [0.2, 0.25) is 0 Å². The molecular formula is C16H22N2S. The lowest BCUT2D eigenvalue weighted by molar-refractivity contribution is 0.550. The molecule has 1 N–H and O–H groups in total. The van der Waals surface area contributed by atoms with Crippen LogP contribution in [0.1, 0.15) is 49.8 Å². The first-order valence-electron chi connectivity index (χ1n) is 7.41. The molecule has 1 aliphatic heterocycles. The van der Waals surface area contributed by atoms with Crippen molar-refractivity contribution in [2.75, 3.05) is 5.75 Å². The highest BCUT2D eigenvalue weighted by atomic mass is 32.2. The molecule has 0 radical (unpaired) electrons. The predicted molar refractivity (Wildman–Crippen MR) is 83.8 cm³/mol. The van der Waals surface area contributed by atoms with Gasteiger partial charge in [0.1, 0.15) is 0 Å². The van der Waals surface area contributed by atoms with Gasteiger partial charge in [-0.3, -0.25) is 4.99 Å². The Labute approximate surface area is 120 Å². The minimum absolute atomic E-state index is 0.371. The average molecular weight is 274 g/mol. The van der Waals surface area contributed by atoms with Gasteiger partial charge >= 0.3 is 0 Å². The Morgan fingerprint density at radius 3 is 3.11 bits per heavy atom. The summed E-state index contributed by atoms with van der Waals surface area (Å²) in [7, 11) is 0. The van der Waals surface area contributed by atoms with Crippen LogP contribution in [-0.2, 0) is 6.42 Å². The third kappa shape index (κ3) is 2.97. The number of benzene rings is 1. The van der Waals surface area contributed by atoms with E-state index >= 15 is 0 Å². The molecular weight excluding hydrogens is 252 g/mol. The Kier molecular flexibility index (Phi) is 4.12. The summed E-state index contributed by atoms with van der Waals surface area (Å²) >= 11 is 1.89. The molecule has 0 amide bonds. The zero-order chi connectivity index (χ0) is 13.1. The number of nitrogens with zero attached hydrogens (tertiary/aromatic N) is 1. The fourth-order valence-electron chi connectivity index (χ4n) is 2.97. The summed E-state index contributed by atoms with van der Waals surface area (Å²) in [4.78, 5) is 5.00. The van der Waals surface area contributed by atoms with E-state index in [1.165, 1.54) is 54.2 Å². The van der Waals surface area contributed by atoms with Crippen LogP contribution in [-0.4, -0.2) is 17.0 Å². The van der Waals surface area contributed by atoms with Crippen molar-refractivity contribution in [2.24, 2.45) is 4.99 Å². The van der Waals surface area contributed by atoms with E-state index in [-0.39, 0.29) is 0 Å². The van der Waals surface area contributed by atoms with E-state index < -0.39 is 0 Å². The Morgan fingerprint density at radius 2 is 2.21 bits per heavy atom. The first kappa shape index (κ1) is 13.0. The number of hydrogen-bond donors (Lipinski definition) is 1. The average Bonchev–Trinajstić information content (AvgIpc) is 2.48. The van der Waals surface area contributed by atoms with Crippen molar-refractivity contribution < 1.29 is 0 Å². The maximum Gasteiger partial charge on any atom is 0.157 e. The van der Waals surface area contributed by atoms with Crippen molar-refractivity contribution in [3.63, 3.8) is 0 Å². The monoisotopic (exact) mass is 274 g/mol. The molecule has 1 aromatic carbocycles. The Hall–Kier alpha value is -0.960. The van der Waals surface area contributed by atoms with Crippen molar-refractivity contribution in [3.8, 4) is 0 Å². The largest absolute Gasteiger partial charge is 0.362 e. The van der Waals surface area contributed by atoms with Crippen LogP contribution in [0.2, 0.25) is 0 Å². The van der Waals surface area contributed by atoms with Gasteiger partial charge in [-0.15, -0.1) is 0 Å². The number of fused-ring (bicyclic) bond motifs is 1. The molecule has 0 saturated carbocycles. The quantitative estimate of drug-likeness (QED) is 0.884. The number of amidine groups is 1. The zero-order valence-electron chi connectivity index (χ0n) is 11.6. The Balaban J connectivity index is 1.80. The fourth-order valence-corrected chi connectivity index (χ4v) is 4.02. The smallest absolute Gasteiger partial charge is 0.157 e. The third-order valence-electron chi connectivity index (χ3n) is 4.14. The number of aliphatic imine (C=N–C) groups is 1. The highest BCUT2D eigenvalue weighted by molar-refractivity contribution is 8.13. The van der Waals surface area contributed by atoms with Crippen LogP contribution in [0.5, 0.6) is 0 Å². The van der Waals surface area contributed by atoms with Crippen LogP contribution in [0.25, 0.3) is 0 Å². The summed E-state index contributed by atoms with van der Waals surface area (Å²) in [6.07, 6.45) is 6.14. The lowest BCUT2D eigenvalue weighted by Gasteiger charge is -2.27. The molecule has 19 heavy (non-hydrogen) atoms. The number of hydrogen-bond acceptors (Lipinski definition) is 2. The van der Waals surface area contributed by atoms with Crippen molar-refractivity contribution in [3.05, 3.63) is 35.4 Å². The van der Waals surface area contributed by atoms with Crippen LogP contribution in [0.4, 0.5) is 0 Å². The second kappa shape index (κ2) is 6.00. The molecule has 0 spiro atoms. The van der Waals surface area contributed by atoms with Crippen LogP contribution in [0, 0.1) is 0 Å². The Bertz CT molecular complexity index is 470. The van der Waals surface area contributed by atoms with Gasteiger partial charge in [0.25, 0.3) is 0 Å². The minimum Gasteiger partial charge on any atom is -0.362 e. The van der Waals surface area contributed by atoms with E-state index in [9.17, 15) is 0 Å². The molecule has 1 saturated heterocycles. The van der Waals surface area contributed by atoms with E-state index in [4.69, 9.17) is 4.99 Å². The van der Waals surface area contributed by atoms with Crippen molar-refractivity contribution in [1.29, 1.82) is 0 Å². The molecule has 1 heterocycles. The van der Waals surface area contributed by atoms with E-state index in [0.717, 1.165) is 0 Å². The van der Waals surface area contributed by atoms with Gasteiger partial charge in [-0.25, -0.2) is 0 Å². The first-order chi connectivity index (χ1) is 9.36. The van der Waals surface area contributed by atoms with Crippen LogP contribution in [0.15, 0.2) is 29.3 Å². The maximum absolute atomic E-state index is 5.00.